The second kappa shape index (κ2) is 8.89. The van der Waals surface area contributed by atoms with Crippen molar-refractivity contribution in [3.63, 3.8) is 0 Å². The van der Waals surface area contributed by atoms with E-state index in [1.807, 2.05) is 0 Å². The number of nitrogens with zero attached hydrogens (tertiary/aromatic N) is 1. The normalized spacial score (nSPS) is 12.6. The predicted molar refractivity (Wildman–Crippen MR) is 84.4 cm³/mol. The lowest BCUT2D eigenvalue weighted by atomic mass is 10.0. The van der Waals surface area contributed by atoms with Gasteiger partial charge in [-0.05, 0) is 38.5 Å². The number of hydrogen-bond acceptors (Lipinski definition) is 2. The molecule has 0 aliphatic rings. The zero-order valence-electron chi connectivity index (χ0n) is 12.7. The van der Waals surface area contributed by atoms with Crippen LogP contribution in [0.1, 0.15) is 38.8 Å². The number of benzene rings is 1. The van der Waals surface area contributed by atoms with E-state index in [0.29, 0.717) is 6.04 Å². The SMILES string of the molecule is C=C(C)CCNCC(c1ccccc1)N(CC)CC. The van der Waals surface area contributed by atoms with Gasteiger partial charge in [0.25, 0.3) is 0 Å². The molecule has 0 saturated heterocycles. The molecule has 0 aromatic heterocycles. The quantitative estimate of drug-likeness (QED) is 0.539. The molecule has 0 fully saturated rings. The largest absolute Gasteiger partial charge is 0.315 e. The van der Waals surface area contributed by atoms with Crippen molar-refractivity contribution in [1.82, 2.24) is 10.2 Å². The van der Waals surface area contributed by atoms with Crippen LogP contribution in [0.25, 0.3) is 0 Å². The highest BCUT2D eigenvalue weighted by Gasteiger charge is 2.16. The van der Waals surface area contributed by atoms with Gasteiger partial charge in [0.2, 0.25) is 0 Å². The van der Waals surface area contributed by atoms with Crippen LogP contribution < -0.4 is 5.32 Å². The lowest BCUT2D eigenvalue weighted by Gasteiger charge is -2.30. The third-order valence-corrected chi connectivity index (χ3v) is 3.50. The highest BCUT2D eigenvalue weighted by Crippen LogP contribution is 2.19. The van der Waals surface area contributed by atoms with Gasteiger partial charge in [0.05, 0.1) is 0 Å². The molecule has 1 N–H and O–H groups in total. The van der Waals surface area contributed by atoms with E-state index in [1.165, 1.54) is 11.1 Å². The third-order valence-electron chi connectivity index (χ3n) is 3.50. The standard InChI is InChI=1S/C17H28N2/c1-5-19(6-2)17(14-18-13-12-15(3)4)16-10-8-7-9-11-16/h7-11,17-18H,3,5-6,12-14H2,1-2,4H3. The molecule has 1 atom stereocenters. The van der Waals surface area contributed by atoms with Crippen molar-refractivity contribution in [2.24, 2.45) is 0 Å². The van der Waals surface area contributed by atoms with Gasteiger partial charge in [0.15, 0.2) is 0 Å². The summed E-state index contributed by atoms with van der Waals surface area (Å²) in [6, 6.07) is 11.2. The maximum Gasteiger partial charge on any atom is 0.0472 e. The maximum atomic E-state index is 3.95. The van der Waals surface area contributed by atoms with Crippen molar-refractivity contribution in [1.29, 1.82) is 0 Å². The molecular formula is C17H28N2. The Hall–Kier alpha value is -1.12. The minimum atomic E-state index is 0.460. The van der Waals surface area contributed by atoms with E-state index in [1.54, 1.807) is 0 Å². The minimum Gasteiger partial charge on any atom is -0.315 e. The molecule has 0 saturated carbocycles. The molecule has 1 aromatic rings. The van der Waals surface area contributed by atoms with Crippen LogP contribution in [0.3, 0.4) is 0 Å². The molecular weight excluding hydrogens is 232 g/mol. The summed E-state index contributed by atoms with van der Waals surface area (Å²) < 4.78 is 0. The summed E-state index contributed by atoms with van der Waals surface area (Å²) >= 11 is 0. The molecule has 2 heteroatoms. The molecule has 0 amide bonds. The molecule has 0 bridgehead atoms. The third kappa shape index (κ3) is 5.58. The number of nitrogens with one attached hydrogen (secondary N) is 1. The molecule has 1 aromatic carbocycles. The molecule has 1 unspecified atom stereocenters. The van der Waals surface area contributed by atoms with E-state index in [0.717, 1.165) is 32.6 Å². The van der Waals surface area contributed by atoms with Gasteiger partial charge in [-0.15, -0.1) is 6.58 Å². The van der Waals surface area contributed by atoms with Gasteiger partial charge >= 0.3 is 0 Å². The zero-order valence-corrected chi connectivity index (χ0v) is 12.7. The van der Waals surface area contributed by atoms with Crippen LogP contribution in [0.2, 0.25) is 0 Å². The van der Waals surface area contributed by atoms with Crippen molar-refractivity contribution in [2.45, 2.75) is 33.2 Å². The molecule has 0 heterocycles. The van der Waals surface area contributed by atoms with E-state index in [-0.39, 0.29) is 0 Å². The van der Waals surface area contributed by atoms with Crippen LogP contribution >= 0.6 is 0 Å². The van der Waals surface area contributed by atoms with Crippen molar-refractivity contribution in [2.75, 3.05) is 26.2 Å². The summed E-state index contributed by atoms with van der Waals surface area (Å²) in [7, 11) is 0. The van der Waals surface area contributed by atoms with E-state index in [2.05, 4.69) is 67.9 Å². The molecule has 2 nitrogen and oxygen atoms in total. The molecule has 19 heavy (non-hydrogen) atoms. The first-order valence-corrected chi connectivity index (χ1v) is 7.33. The van der Waals surface area contributed by atoms with Gasteiger partial charge in [0.1, 0.15) is 0 Å². The Morgan fingerprint density at radius 2 is 1.84 bits per heavy atom. The van der Waals surface area contributed by atoms with Crippen LogP contribution in [-0.2, 0) is 0 Å². The smallest absolute Gasteiger partial charge is 0.0472 e. The average molecular weight is 260 g/mol. The van der Waals surface area contributed by atoms with E-state index < -0.39 is 0 Å². The highest BCUT2D eigenvalue weighted by atomic mass is 15.2. The fourth-order valence-corrected chi connectivity index (χ4v) is 2.34. The van der Waals surface area contributed by atoms with Crippen LogP contribution in [0.15, 0.2) is 42.5 Å². The number of rotatable bonds is 9. The Balaban J connectivity index is 2.62. The summed E-state index contributed by atoms with van der Waals surface area (Å²) in [6.45, 7) is 14.7. The van der Waals surface area contributed by atoms with Gasteiger partial charge in [-0.1, -0.05) is 49.8 Å². The van der Waals surface area contributed by atoms with Crippen LogP contribution in [0, 0.1) is 0 Å². The number of hydrogen-bond donors (Lipinski definition) is 1. The van der Waals surface area contributed by atoms with Crippen molar-refractivity contribution < 1.29 is 0 Å². The first-order valence-electron chi connectivity index (χ1n) is 7.33. The Kier molecular flexibility index (Phi) is 7.46. The van der Waals surface area contributed by atoms with E-state index >= 15 is 0 Å². The first-order chi connectivity index (χ1) is 9.19. The summed E-state index contributed by atoms with van der Waals surface area (Å²) in [5.74, 6) is 0. The molecule has 0 aliphatic heterocycles. The van der Waals surface area contributed by atoms with Crippen molar-refractivity contribution in [3.05, 3.63) is 48.0 Å². The lowest BCUT2D eigenvalue weighted by Crippen LogP contribution is -2.36. The summed E-state index contributed by atoms with van der Waals surface area (Å²) in [5, 5.41) is 3.56. The second-order valence-corrected chi connectivity index (χ2v) is 5.06. The van der Waals surface area contributed by atoms with Crippen LogP contribution in [0.5, 0.6) is 0 Å². The number of likely N-dealkylation sites (N-methyl/N-ethyl adjacent to an activating group) is 1. The van der Waals surface area contributed by atoms with E-state index in [4.69, 9.17) is 0 Å². The minimum absolute atomic E-state index is 0.460. The average Bonchev–Trinajstić information content (AvgIpc) is 2.43. The Morgan fingerprint density at radius 3 is 2.37 bits per heavy atom. The predicted octanol–water partition coefficient (Wildman–Crippen LogP) is 3.63. The van der Waals surface area contributed by atoms with Gasteiger partial charge in [0, 0.05) is 12.6 Å². The molecule has 106 valence electrons. The highest BCUT2D eigenvalue weighted by molar-refractivity contribution is 5.19. The Morgan fingerprint density at radius 1 is 1.21 bits per heavy atom. The molecule has 0 aliphatic carbocycles. The fourth-order valence-electron chi connectivity index (χ4n) is 2.34. The Labute approximate surface area is 118 Å². The first kappa shape index (κ1) is 15.9. The topological polar surface area (TPSA) is 15.3 Å². The molecule has 1 rings (SSSR count). The maximum absolute atomic E-state index is 3.95. The van der Waals surface area contributed by atoms with Crippen molar-refractivity contribution in [3.8, 4) is 0 Å². The lowest BCUT2D eigenvalue weighted by molar-refractivity contribution is 0.213. The summed E-state index contributed by atoms with van der Waals surface area (Å²) in [5.41, 5.74) is 2.64. The fraction of sp³-hybridized carbons (Fsp3) is 0.529. The van der Waals surface area contributed by atoms with E-state index in [9.17, 15) is 0 Å². The van der Waals surface area contributed by atoms with Gasteiger partial charge in [-0.3, -0.25) is 4.90 Å². The van der Waals surface area contributed by atoms with Gasteiger partial charge in [-0.25, -0.2) is 0 Å². The van der Waals surface area contributed by atoms with Gasteiger partial charge < -0.3 is 5.32 Å². The zero-order chi connectivity index (χ0) is 14.1. The summed E-state index contributed by atoms with van der Waals surface area (Å²) in [4.78, 5) is 2.50. The molecule has 0 radical (unpaired) electrons. The monoisotopic (exact) mass is 260 g/mol. The Bertz CT molecular complexity index is 355. The van der Waals surface area contributed by atoms with Crippen molar-refractivity contribution >= 4 is 0 Å². The second-order valence-electron chi connectivity index (χ2n) is 5.06. The molecule has 0 spiro atoms. The van der Waals surface area contributed by atoms with Gasteiger partial charge in [-0.2, -0.15) is 0 Å². The van der Waals surface area contributed by atoms with Crippen LogP contribution in [-0.4, -0.2) is 31.1 Å². The summed E-state index contributed by atoms with van der Waals surface area (Å²) in [6.07, 6.45) is 1.06. The van der Waals surface area contributed by atoms with Crippen LogP contribution in [0.4, 0.5) is 0 Å².